The zero-order valence-electron chi connectivity index (χ0n) is 13.0. The summed E-state index contributed by atoms with van der Waals surface area (Å²) in [4.78, 5) is 15.7. The van der Waals surface area contributed by atoms with Gasteiger partial charge in [-0.15, -0.1) is 0 Å². The molecule has 0 bridgehead atoms. The average Bonchev–Trinajstić information content (AvgIpc) is 3.24. The summed E-state index contributed by atoms with van der Waals surface area (Å²) in [6, 6.07) is 0.466. The molecule has 20 heavy (non-hydrogen) atoms. The summed E-state index contributed by atoms with van der Waals surface area (Å²) in [6.45, 7) is 3.96. The summed E-state index contributed by atoms with van der Waals surface area (Å²) in [5.74, 6) is 1.01. The van der Waals surface area contributed by atoms with Gasteiger partial charge in [-0.25, -0.2) is 0 Å². The van der Waals surface area contributed by atoms with Gasteiger partial charge in [0, 0.05) is 32.6 Å². The van der Waals surface area contributed by atoms with E-state index >= 15 is 0 Å². The highest BCUT2D eigenvalue weighted by Crippen LogP contribution is 2.18. The maximum absolute atomic E-state index is 11.5. The van der Waals surface area contributed by atoms with Crippen LogP contribution in [0.3, 0.4) is 0 Å². The van der Waals surface area contributed by atoms with Gasteiger partial charge in [-0.2, -0.15) is 0 Å². The summed E-state index contributed by atoms with van der Waals surface area (Å²) in [5, 5.41) is 9.54. The number of carbonyl (C=O) groups is 1. The fourth-order valence-electron chi connectivity index (χ4n) is 1.96. The van der Waals surface area contributed by atoms with Crippen molar-refractivity contribution in [3.63, 3.8) is 0 Å². The van der Waals surface area contributed by atoms with Crippen LogP contribution in [-0.2, 0) is 4.79 Å². The number of aliphatic imine (C=N–C) groups is 1. The number of amides is 1. The van der Waals surface area contributed by atoms with Crippen LogP contribution in [0, 0.1) is 0 Å². The minimum absolute atomic E-state index is 0.178. The first-order valence-electron chi connectivity index (χ1n) is 8.00. The van der Waals surface area contributed by atoms with Gasteiger partial charge in [0.15, 0.2) is 5.96 Å². The number of carbonyl (C=O) groups excluding carboxylic acids is 1. The lowest BCUT2D eigenvalue weighted by molar-refractivity contribution is -0.121. The molecule has 116 valence electrons. The summed E-state index contributed by atoms with van der Waals surface area (Å²) in [7, 11) is 1.78. The lowest BCUT2D eigenvalue weighted by atomic mass is 10.2. The molecule has 1 rings (SSSR count). The topological polar surface area (TPSA) is 65.5 Å². The number of rotatable bonds is 10. The second kappa shape index (κ2) is 10.5. The molecule has 1 amide bonds. The fraction of sp³-hybridized carbons (Fsp3) is 0.867. The Morgan fingerprint density at radius 1 is 1.10 bits per heavy atom. The van der Waals surface area contributed by atoms with Gasteiger partial charge in [0.25, 0.3) is 0 Å². The highest BCUT2D eigenvalue weighted by molar-refractivity contribution is 5.79. The lowest BCUT2D eigenvalue weighted by Crippen LogP contribution is -2.38. The number of guanidine groups is 1. The van der Waals surface area contributed by atoms with Gasteiger partial charge in [0.2, 0.25) is 5.91 Å². The zero-order valence-corrected chi connectivity index (χ0v) is 13.0. The van der Waals surface area contributed by atoms with Crippen LogP contribution in [0.1, 0.15) is 58.3 Å². The number of hydrogen-bond acceptors (Lipinski definition) is 2. The monoisotopic (exact) mass is 282 g/mol. The van der Waals surface area contributed by atoms with Crippen molar-refractivity contribution in [2.24, 2.45) is 4.99 Å². The quantitative estimate of drug-likeness (QED) is 0.325. The van der Waals surface area contributed by atoms with Gasteiger partial charge in [-0.1, -0.05) is 26.2 Å². The number of nitrogens with zero attached hydrogens (tertiary/aromatic N) is 1. The molecular formula is C15H30N4O. The van der Waals surface area contributed by atoms with Crippen molar-refractivity contribution < 1.29 is 4.79 Å². The second-order valence-electron chi connectivity index (χ2n) is 5.43. The molecule has 5 nitrogen and oxygen atoms in total. The average molecular weight is 282 g/mol. The van der Waals surface area contributed by atoms with Gasteiger partial charge >= 0.3 is 0 Å². The Morgan fingerprint density at radius 2 is 1.80 bits per heavy atom. The Bertz CT molecular complexity index is 300. The lowest BCUT2D eigenvalue weighted by Gasteiger charge is -2.11. The summed E-state index contributed by atoms with van der Waals surface area (Å²) >= 11 is 0. The van der Waals surface area contributed by atoms with Gasteiger partial charge < -0.3 is 16.0 Å². The predicted molar refractivity (Wildman–Crippen MR) is 83.9 cm³/mol. The first-order chi connectivity index (χ1) is 9.76. The van der Waals surface area contributed by atoms with E-state index in [1.807, 2.05) is 0 Å². The normalized spacial score (nSPS) is 15.0. The van der Waals surface area contributed by atoms with E-state index in [9.17, 15) is 4.79 Å². The van der Waals surface area contributed by atoms with Gasteiger partial charge in [0.05, 0.1) is 0 Å². The number of nitrogens with one attached hydrogen (secondary N) is 3. The first-order valence-corrected chi connectivity index (χ1v) is 8.00. The van der Waals surface area contributed by atoms with Crippen LogP contribution in [0.5, 0.6) is 0 Å². The molecule has 0 spiro atoms. The van der Waals surface area contributed by atoms with Crippen LogP contribution in [-0.4, -0.2) is 38.0 Å². The summed E-state index contributed by atoms with van der Waals surface area (Å²) in [6.07, 6.45) is 8.74. The van der Waals surface area contributed by atoms with Crippen LogP contribution in [0.25, 0.3) is 0 Å². The van der Waals surface area contributed by atoms with E-state index in [1.165, 1.54) is 25.7 Å². The third-order valence-electron chi connectivity index (χ3n) is 3.36. The van der Waals surface area contributed by atoms with Crippen molar-refractivity contribution in [2.75, 3.05) is 20.1 Å². The Kier molecular flexibility index (Phi) is 8.83. The molecule has 0 saturated heterocycles. The molecule has 0 heterocycles. The maximum atomic E-state index is 11.5. The standard InChI is InChI=1S/C15H30N4O/c1-3-4-5-6-11-17-15(16-2)18-12-7-8-14(20)19-13-9-10-13/h13H,3-12H2,1-2H3,(H,19,20)(H2,16,17,18). The Balaban J connectivity index is 1.95. The van der Waals surface area contributed by atoms with Crippen LogP contribution in [0.4, 0.5) is 0 Å². The molecule has 1 saturated carbocycles. The van der Waals surface area contributed by atoms with E-state index in [1.54, 1.807) is 7.05 Å². The zero-order chi connectivity index (χ0) is 14.6. The molecular weight excluding hydrogens is 252 g/mol. The predicted octanol–water partition coefficient (Wildman–Crippen LogP) is 1.79. The second-order valence-corrected chi connectivity index (χ2v) is 5.43. The van der Waals surface area contributed by atoms with Crippen molar-refractivity contribution in [3.8, 4) is 0 Å². The molecule has 1 aliphatic carbocycles. The molecule has 0 aromatic carbocycles. The van der Waals surface area contributed by atoms with Crippen molar-refractivity contribution in [2.45, 2.75) is 64.3 Å². The van der Waals surface area contributed by atoms with Crippen LogP contribution >= 0.6 is 0 Å². The molecule has 0 aromatic rings. The molecule has 1 aliphatic rings. The van der Waals surface area contributed by atoms with E-state index in [0.717, 1.165) is 38.3 Å². The highest BCUT2D eigenvalue weighted by Gasteiger charge is 2.22. The number of unbranched alkanes of at least 4 members (excludes halogenated alkanes) is 3. The summed E-state index contributed by atoms with van der Waals surface area (Å²) < 4.78 is 0. The largest absolute Gasteiger partial charge is 0.356 e. The summed E-state index contributed by atoms with van der Waals surface area (Å²) in [5.41, 5.74) is 0. The molecule has 1 fully saturated rings. The first kappa shape index (κ1) is 16.8. The van der Waals surface area contributed by atoms with Gasteiger partial charge in [-0.3, -0.25) is 9.79 Å². The van der Waals surface area contributed by atoms with Crippen molar-refractivity contribution in [1.82, 2.24) is 16.0 Å². The highest BCUT2D eigenvalue weighted by atomic mass is 16.1. The van der Waals surface area contributed by atoms with Crippen molar-refractivity contribution in [1.29, 1.82) is 0 Å². The minimum Gasteiger partial charge on any atom is -0.356 e. The molecule has 5 heteroatoms. The van der Waals surface area contributed by atoms with Crippen molar-refractivity contribution in [3.05, 3.63) is 0 Å². The van der Waals surface area contributed by atoms with E-state index in [2.05, 4.69) is 27.9 Å². The van der Waals surface area contributed by atoms with Crippen molar-refractivity contribution >= 4 is 11.9 Å². The maximum Gasteiger partial charge on any atom is 0.220 e. The van der Waals surface area contributed by atoms with Crippen LogP contribution in [0.15, 0.2) is 4.99 Å². The molecule has 3 N–H and O–H groups in total. The molecule has 0 atom stereocenters. The van der Waals surface area contributed by atoms with E-state index in [-0.39, 0.29) is 5.91 Å². The molecule has 0 aromatic heterocycles. The molecule has 0 aliphatic heterocycles. The van der Waals surface area contributed by atoms with E-state index in [4.69, 9.17) is 0 Å². The third-order valence-corrected chi connectivity index (χ3v) is 3.36. The minimum atomic E-state index is 0.178. The number of hydrogen-bond donors (Lipinski definition) is 3. The molecule has 0 radical (unpaired) electrons. The fourth-order valence-corrected chi connectivity index (χ4v) is 1.96. The van der Waals surface area contributed by atoms with E-state index in [0.29, 0.717) is 12.5 Å². The Morgan fingerprint density at radius 3 is 2.40 bits per heavy atom. The smallest absolute Gasteiger partial charge is 0.220 e. The third kappa shape index (κ3) is 8.77. The van der Waals surface area contributed by atoms with E-state index < -0.39 is 0 Å². The Labute approximate surface area is 123 Å². The van der Waals surface area contributed by atoms with Crippen LogP contribution < -0.4 is 16.0 Å². The van der Waals surface area contributed by atoms with Gasteiger partial charge in [-0.05, 0) is 25.7 Å². The van der Waals surface area contributed by atoms with Gasteiger partial charge in [0.1, 0.15) is 0 Å². The molecule has 0 unspecified atom stereocenters. The SMILES string of the molecule is CCCCCCNC(=NC)NCCCC(=O)NC1CC1. The van der Waals surface area contributed by atoms with Crippen LogP contribution in [0.2, 0.25) is 0 Å². The Hall–Kier alpha value is -1.26.